The van der Waals surface area contributed by atoms with Gasteiger partial charge < -0.3 is 15.2 Å². The number of aliphatic imine (C=N–C) groups is 1. The molecule has 3 rings (SSSR count). The highest BCUT2D eigenvalue weighted by Gasteiger charge is 2.25. The van der Waals surface area contributed by atoms with Crippen LogP contribution in [0.15, 0.2) is 53.2 Å². The first-order chi connectivity index (χ1) is 11.6. The Kier molecular flexibility index (Phi) is 4.29. The number of halogens is 1. The molecule has 2 aromatic rings. The summed E-state index contributed by atoms with van der Waals surface area (Å²) in [6, 6.07) is 11.2. The molecular formula is C18H15FN2O3. The summed E-state index contributed by atoms with van der Waals surface area (Å²) in [4.78, 5) is 15.9. The standard InChI is InChI=1S/C18H15FN2O3/c1-23-13-6-7-14(15-10-24-18(22)17(15)20)16(8-13)21-9-11-2-4-12(19)5-3-11/h2-9H,10,20H2,1H3. The van der Waals surface area contributed by atoms with Crippen LogP contribution in [0.1, 0.15) is 11.1 Å². The normalized spacial score (nSPS) is 14.3. The maximum absolute atomic E-state index is 13.0. The van der Waals surface area contributed by atoms with Gasteiger partial charge in [0, 0.05) is 23.4 Å². The molecule has 0 saturated heterocycles. The van der Waals surface area contributed by atoms with Crippen LogP contribution in [-0.4, -0.2) is 25.9 Å². The summed E-state index contributed by atoms with van der Waals surface area (Å²) in [5, 5.41) is 0. The van der Waals surface area contributed by atoms with Crippen LogP contribution < -0.4 is 10.5 Å². The Labute approximate surface area is 138 Å². The molecule has 2 N–H and O–H groups in total. The van der Waals surface area contributed by atoms with Crippen molar-refractivity contribution in [2.75, 3.05) is 13.7 Å². The zero-order valence-electron chi connectivity index (χ0n) is 13.0. The van der Waals surface area contributed by atoms with Crippen molar-refractivity contribution in [2.45, 2.75) is 0 Å². The van der Waals surface area contributed by atoms with Gasteiger partial charge in [0.15, 0.2) is 0 Å². The lowest BCUT2D eigenvalue weighted by Gasteiger charge is -2.08. The summed E-state index contributed by atoms with van der Waals surface area (Å²) in [5.41, 5.74) is 8.48. The molecule has 0 unspecified atom stereocenters. The van der Waals surface area contributed by atoms with Gasteiger partial charge in [-0.25, -0.2) is 9.18 Å². The minimum atomic E-state index is -0.533. The Morgan fingerprint density at radius 2 is 2.00 bits per heavy atom. The molecule has 2 aromatic carbocycles. The quantitative estimate of drug-likeness (QED) is 0.692. The number of nitrogens with zero attached hydrogens (tertiary/aromatic N) is 1. The van der Waals surface area contributed by atoms with Gasteiger partial charge in [-0.05, 0) is 29.8 Å². The summed E-state index contributed by atoms with van der Waals surface area (Å²) in [6.07, 6.45) is 1.60. The number of carbonyl (C=O) groups excluding carboxylic acids is 1. The van der Waals surface area contributed by atoms with Crippen molar-refractivity contribution in [2.24, 2.45) is 10.7 Å². The van der Waals surface area contributed by atoms with Gasteiger partial charge in [-0.2, -0.15) is 0 Å². The Morgan fingerprint density at radius 3 is 2.62 bits per heavy atom. The van der Waals surface area contributed by atoms with Gasteiger partial charge in [0.25, 0.3) is 0 Å². The maximum Gasteiger partial charge on any atom is 0.354 e. The zero-order valence-corrected chi connectivity index (χ0v) is 13.0. The molecule has 0 saturated carbocycles. The van der Waals surface area contributed by atoms with Crippen LogP contribution >= 0.6 is 0 Å². The van der Waals surface area contributed by atoms with Crippen LogP contribution in [0.2, 0.25) is 0 Å². The molecule has 6 heteroatoms. The molecule has 0 aromatic heterocycles. The molecule has 0 fully saturated rings. The van der Waals surface area contributed by atoms with E-state index < -0.39 is 5.97 Å². The first-order valence-corrected chi connectivity index (χ1v) is 7.22. The number of methoxy groups -OCH3 is 1. The largest absolute Gasteiger partial charge is 0.497 e. The second-order valence-electron chi connectivity index (χ2n) is 5.16. The smallest absolute Gasteiger partial charge is 0.354 e. The van der Waals surface area contributed by atoms with Gasteiger partial charge in [0.05, 0.1) is 12.8 Å². The Bertz CT molecular complexity index is 842. The van der Waals surface area contributed by atoms with Gasteiger partial charge in [-0.1, -0.05) is 12.1 Å². The van der Waals surface area contributed by atoms with Crippen LogP contribution in [0.25, 0.3) is 5.57 Å². The van der Waals surface area contributed by atoms with E-state index in [1.807, 2.05) is 0 Å². The molecule has 0 radical (unpaired) electrons. The number of nitrogens with two attached hydrogens (primary N) is 1. The lowest BCUT2D eigenvalue weighted by molar-refractivity contribution is -0.135. The second-order valence-corrected chi connectivity index (χ2v) is 5.16. The number of hydrogen-bond donors (Lipinski definition) is 1. The van der Waals surface area contributed by atoms with E-state index in [-0.39, 0.29) is 18.1 Å². The third kappa shape index (κ3) is 3.12. The summed E-state index contributed by atoms with van der Waals surface area (Å²) < 4.78 is 23.1. The van der Waals surface area contributed by atoms with Gasteiger partial charge in [0.1, 0.15) is 23.9 Å². The van der Waals surface area contributed by atoms with Gasteiger partial charge in [0.2, 0.25) is 0 Å². The van der Waals surface area contributed by atoms with E-state index in [0.717, 1.165) is 5.56 Å². The second kappa shape index (κ2) is 6.54. The number of cyclic esters (lactones) is 1. The van der Waals surface area contributed by atoms with Crippen molar-refractivity contribution >= 4 is 23.4 Å². The lowest BCUT2D eigenvalue weighted by atomic mass is 10.0. The highest BCUT2D eigenvalue weighted by atomic mass is 19.1. The van der Waals surface area contributed by atoms with E-state index in [4.69, 9.17) is 15.2 Å². The Balaban J connectivity index is 2.02. The average molecular weight is 326 g/mol. The molecular weight excluding hydrogens is 311 g/mol. The molecule has 0 aliphatic carbocycles. The van der Waals surface area contributed by atoms with Gasteiger partial charge in [-0.3, -0.25) is 4.99 Å². The first-order valence-electron chi connectivity index (χ1n) is 7.22. The van der Waals surface area contributed by atoms with E-state index in [1.165, 1.54) is 12.1 Å². The van der Waals surface area contributed by atoms with E-state index in [2.05, 4.69) is 4.99 Å². The molecule has 0 amide bonds. The van der Waals surface area contributed by atoms with Crippen LogP contribution in [0.3, 0.4) is 0 Å². The van der Waals surface area contributed by atoms with Crippen LogP contribution in [0.5, 0.6) is 5.75 Å². The van der Waals surface area contributed by atoms with Crippen LogP contribution in [-0.2, 0) is 9.53 Å². The molecule has 24 heavy (non-hydrogen) atoms. The van der Waals surface area contributed by atoms with Gasteiger partial charge >= 0.3 is 5.97 Å². The minimum absolute atomic E-state index is 0.0819. The predicted molar refractivity (Wildman–Crippen MR) is 88.7 cm³/mol. The minimum Gasteiger partial charge on any atom is -0.497 e. The Morgan fingerprint density at radius 1 is 1.25 bits per heavy atom. The maximum atomic E-state index is 13.0. The van der Waals surface area contributed by atoms with Crippen molar-refractivity contribution in [1.29, 1.82) is 0 Å². The van der Waals surface area contributed by atoms with Crippen molar-refractivity contribution in [3.63, 3.8) is 0 Å². The number of carbonyl (C=O) groups is 1. The SMILES string of the molecule is COc1ccc(C2=C(N)C(=O)OC2)c(N=Cc2ccc(F)cc2)c1. The van der Waals surface area contributed by atoms with Crippen LogP contribution in [0.4, 0.5) is 10.1 Å². The average Bonchev–Trinajstić information content (AvgIpc) is 2.93. The third-order valence-electron chi connectivity index (χ3n) is 3.65. The topological polar surface area (TPSA) is 73.9 Å². The van der Waals surface area contributed by atoms with E-state index in [1.54, 1.807) is 43.7 Å². The van der Waals surface area contributed by atoms with Crippen molar-refractivity contribution in [1.82, 2.24) is 0 Å². The predicted octanol–water partition coefficient (Wildman–Crippen LogP) is 2.81. The highest BCUT2D eigenvalue weighted by Crippen LogP contribution is 2.33. The molecule has 0 bridgehead atoms. The number of esters is 1. The summed E-state index contributed by atoms with van der Waals surface area (Å²) >= 11 is 0. The fourth-order valence-electron chi connectivity index (χ4n) is 2.33. The molecule has 0 atom stereocenters. The van der Waals surface area contributed by atoms with E-state index in [0.29, 0.717) is 22.6 Å². The van der Waals surface area contributed by atoms with Crippen molar-refractivity contribution in [3.05, 3.63) is 65.1 Å². The highest BCUT2D eigenvalue weighted by molar-refractivity contribution is 6.02. The monoisotopic (exact) mass is 326 g/mol. The molecule has 1 aliphatic rings. The fraction of sp³-hybridized carbons (Fsp3) is 0.111. The summed E-state index contributed by atoms with van der Waals surface area (Å²) in [5.74, 6) is -0.225. The number of rotatable bonds is 4. The van der Waals surface area contributed by atoms with Crippen molar-refractivity contribution < 1.29 is 18.7 Å². The third-order valence-corrected chi connectivity index (χ3v) is 3.65. The molecule has 122 valence electrons. The summed E-state index contributed by atoms with van der Waals surface area (Å²) in [7, 11) is 1.55. The molecule has 1 aliphatic heterocycles. The summed E-state index contributed by atoms with van der Waals surface area (Å²) in [6.45, 7) is 0.107. The molecule has 1 heterocycles. The molecule has 5 nitrogen and oxygen atoms in total. The number of hydrogen-bond acceptors (Lipinski definition) is 5. The number of benzene rings is 2. The van der Waals surface area contributed by atoms with Gasteiger partial charge in [-0.15, -0.1) is 0 Å². The molecule has 0 spiro atoms. The van der Waals surface area contributed by atoms with E-state index >= 15 is 0 Å². The lowest BCUT2D eigenvalue weighted by Crippen LogP contribution is -2.07. The zero-order chi connectivity index (χ0) is 17.1. The first kappa shape index (κ1) is 15.7. The van der Waals surface area contributed by atoms with E-state index in [9.17, 15) is 9.18 Å². The van der Waals surface area contributed by atoms with Crippen LogP contribution in [0, 0.1) is 5.82 Å². The van der Waals surface area contributed by atoms with Crippen molar-refractivity contribution in [3.8, 4) is 5.75 Å². The fourth-order valence-corrected chi connectivity index (χ4v) is 2.33. The Hall–Kier alpha value is -3.15. The number of ether oxygens (including phenoxy) is 2.